The predicted molar refractivity (Wildman–Crippen MR) is 85.9 cm³/mol. The Morgan fingerprint density at radius 3 is 2.95 bits per heavy atom. The molecule has 1 aliphatic rings. The molecular weight excluding hydrogens is 314 g/mol. The Morgan fingerprint density at radius 1 is 1.40 bits per heavy atom. The van der Waals surface area contributed by atoms with Gasteiger partial charge in [0.05, 0.1) is 5.69 Å². The molecule has 0 spiro atoms. The van der Waals surface area contributed by atoms with E-state index in [9.17, 15) is 0 Å². The molecule has 1 atom stereocenters. The molecule has 1 aromatic carbocycles. The molecule has 2 heterocycles. The monoisotopic (exact) mass is 333 g/mol. The Balaban J connectivity index is 2.02. The van der Waals surface area contributed by atoms with Crippen LogP contribution in [0.25, 0.3) is 11.3 Å². The minimum atomic E-state index is 0.585. The van der Waals surface area contributed by atoms with Crippen LogP contribution >= 0.6 is 15.9 Å². The van der Waals surface area contributed by atoms with E-state index in [4.69, 9.17) is 5.10 Å². The molecular formula is C16H20BrN3. The fourth-order valence-corrected chi connectivity index (χ4v) is 3.61. The maximum atomic E-state index is 4.76. The highest BCUT2D eigenvalue weighted by molar-refractivity contribution is 9.10. The van der Waals surface area contributed by atoms with Crippen molar-refractivity contribution < 1.29 is 0 Å². The van der Waals surface area contributed by atoms with Gasteiger partial charge in [-0.1, -0.05) is 28.1 Å². The number of hydrogen-bond donors (Lipinski definition) is 1. The average molecular weight is 334 g/mol. The maximum Gasteiger partial charge on any atom is 0.0955 e. The summed E-state index contributed by atoms with van der Waals surface area (Å²) < 4.78 is 3.17. The van der Waals surface area contributed by atoms with Crippen molar-refractivity contribution in [1.82, 2.24) is 15.1 Å². The molecule has 0 amide bonds. The van der Waals surface area contributed by atoms with E-state index in [0.717, 1.165) is 23.3 Å². The van der Waals surface area contributed by atoms with Crippen molar-refractivity contribution in [2.45, 2.75) is 25.7 Å². The van der Waals surface area contributed by atoms with Gasteiger partial charge in [0.25, 0.3) is 0 Å². The van der Waals surface area contributed by atoms with Gasteiger partial charge in [0.2, 0.25) is 0 Å². The Morgan fingerprint density at radius 2 is 2.25 bits per heavy atom. The summed E-state index contributed by atoms with van der Waals surface area (Å²) in [4.78, 5) is 0. The summed E-state index contributed by atoms with van der Waals surface area (Å²) in [6.07, 6.45) is 2.51. The average Bonchev–Trinajstić information content (AvgIpc) is 2.75. The Bertz CT molecular complexity index is 612. The van der Waals surface area contributed by atoms with Gasteiger partial charge in [-0.05, 0) is 44.0 Å². The Kier molecular flexibility index (Phi) is 3.94. The summed E-state index contributed by atoms with van der Waals surface area (Å²) in [5.74, 6) is 0.585. The number of nitrogens with one attached hydrogen (secondary N) is 1. The number of halogens is 1. The molecule has 3 rings (SSSR count). The number of rotatable bonds is 2. The summed E-state index contributed by atoms with van der Waals surface area (Å²) in [5.41, 5.74) is 4.99. The summed E-state index contributed by atoms with van der Waals surface area (Å²) in [5, 5.41) is 8.26. The number of nitrogens with zero attached hydrogens (tertiary/aromatic N) is 2. The molecule has 20 heavy (non-hydrogen) atoms. The molecule has 3 nitrogen and oxygen atoms in total. The highest BCUT2D eigenvalue weighted by atomic mass is 79.9. The van der Waals surface area contributed by atoms with Gasteiger partial charge in [-0.3, -0.25) is 4.68 Å². The van der Waals surface area contributed by atoms with Crippen molar-refractivity contribution in [3.63, 3.8) is 0 Å². The van der Waals surface area contributed by atoms with Crippen LogP contribution in [0.15, 0.2) is 28.7 Å². The van der Waals surface area contributed by atoms with E-state index >= 15 is 0 Å². The standard InChI is InChI=1S/C16H20BrN3/c1-11-15(12-5-3-7-14(17)9-12)19-20(2)16(11)13-6-4-8-18-10-13/h3,5,7,9,13,18H,4,6,8,10H2,1-2H3. The molecule has 0 bridgehead atoms. The molecule has 1 aromatic heterocycles. The topological polar surface area (TPSA) is 29.9 Å². The SMILES string of the molecule is Cc1c(-c2cccc(Br)c2)nn(C)c1C1CCCNC1. The quantitative estimate of drug-likeness (QED) is 0.909. The van der Waals surface area contributed by atoms with Crippen LogP contribution in [0.4, 0.5) is 0 Å². The second-order valence-electron chi connectivity index (χ2n) is 5.54. The summed E-state index contributed by atoms with van der Waals surface area (Å²) in [6, 6.07) is 8.38. The van der Waals surface area contributed by atoms with E-state index in [1.165, 1.54) is 29.7 Å². The highest BCUT2D eigenvalue weighted by Gasteiger charge is 2.23. The van der Waals surface area contributed by atoms with Crippen molar-refractivity contribution in [1.29, 1.82) is 0 Å². The van der Waals surface area contributed by atoms with Crippen LogP contribution < -0.4 is 5.32 Å². The van der Waals surface area contributed by atoms with E-state index in [1.54, 1.807) is 0 Å². The minimum Gasteiger partial charge on any atom is -0.316 e. The summed E-state index contributed by atoms with van der Waals surface area (Å²) >= 11 is 3.54. The Labute approximate surface area is 128 Å². The van der Waals surface area contributed by atoms with Crippen LogP contribution in [-0.4, -0.2) is 22.9 Å². The Hall–Kier alpha value is -1.13. The lowest BCUT2D eigenvalue weighted by molar-refractivity contribution is 0.440. The smallest absolute Gasteiger partial charge is 0.0955 e. The molecule has 1 N–H and O–H groups in total. The van der Waals surface area contributed by atoms with E-state index in [0.29, 0.717) is 5.92 Å². The predicted octanol–water partition coefficient (Wildman–Crippen LogP) is 3.63. The number of aromatic nitrogens is 2. The lowest BCUT2D eigenvalue weighted by Crippen LogP contribution is -2.29. The van der Waals surface area contributed by atoms with E-state index in [-0.39, 0.29) is 0 Å². The fourth-order valence-electron chi connectivity index (χ4n) is 3.21. The second kappa shape index (κ2) is 5.70. The zero-order valence-electron chi connectivity index (χ0n) is 12.0. The third-order valence-corrected chi connectivity index (χ3v) is 4.61. The highest BCUT2D eigenvalue weighted by Crippen LogP contribution is 2.32. The molecule has 0 saturated carbocycles. The molecule has 4 heteroatoms. The van der Waals surface area contributed by atoms with Gasteiger partial charge in [0, 0.05) is 35.2 Å². The molecule has 1 aliphatic heterocycles. The van der Waals surface area contributed by atoms with Crippen molar-refractivity contribution in [3.05, 3.63) is 40.0 Å². The van der Waals surface area contributed by atoms with Crippen LogP contribution in [0.1, 0.15) is 30.0 Å². The molecule has 2 aromatic rings. The van der Waals surface area contributed by atoms with E-state index in [2.05, 4.69) is 58.1 Å². The van der Waals surface area contributed by atoms with Crippen LogP contribution in [0.2, 0.25) is 0 Å². The lowest BCUT2D eigenvalue weighted by atomic mass is 9.92. The number of benzene rings is 1. The minimum absolute atomic E-state index is 0.585. The van der Waals surface area contributed by atoms with Gasteiger partial charge < -0.3 is 5.32 Å². The second-order valence-corrected chi connectivity index (χ2v) is 6.45. The van der Waals surface area contributed by atoms with Crippen LogP contribution in [-0.2, 0) is 7.05 Å². The van der Waals surface area contributed by atoms with Crippen molar-refractivity contribution in [2.24, 2.45) is 7.05 Å². The van der Waals surface area contributed by atoms with E-state index in [1.807, 2.05) is 6.07 Å². The fraction of sp³-hybridized carbons (Fsp3) is 0.438. The first-order valence-corrected chi connectivity index (χ1v) is 7.96. The zero-order valence-corrected chi connectivity index (χ0v) is 13.6. The van der Waals surface area contributed by atoms with Gasteiger partial charge in [-0.2, -0.15) is 5.10 Å². The van der Waals surface area contributed by atoms with Crippen LogP contribution in [0.5, 0.6) is 0 Å². The first-order chi connectivity index (χ1) is 9.66. The van der Waals surface area contributed by atoms with Crippen LogP contribution in [0.3, 0.4) is 0 Å². The van der Waals surface area contributed by atoms with Crippen molar-refractivity contribution in [2.75, 3.05) is 13.1 Å². The zero-order chi connectivity index (χ0) is 14.1. The molecule has 0 aliphatic carbocycles. The number of hydrogen-bond acceptors (Lipinski definition) is 2. The third kappa shape index (κ3) is 2.54. The molecule has 1 fully saturated rings. The van der Waals surface area contributed by atoms with Crippen LogP contribution in [0, 0.1) is 6.92 Å². The van der Waals surface area contributed by atoms with Gasteiger partial charge >= 0.3 is 0 Å². The van der Waals surface area contributed by atoms with Crippen molar-refractivity contribution >= 4 is 15.9 Å². The van der Waals surface area contributed by atoms with Gasteiger partial charge in [-0.25, -0.2) is 0 Å². The van der Waals surface area contributed by atoms with Gasteiger partial charge in [-0.15, -0.1) is 0 Å². The first-order valence-electron chi connectivity index (χ1n) is 7.17. The first kappa shape index (κ1) is 13.8. The largest absolute Gasteiger partial charge is 0.316 e. The molecule has 106 valence electrons. The summed E-state index contributed by atoms with van der Waals surface area (Å²) in [6.45, 7) is 4.41. The normalized spacial score (nSPS) is 19.2. The van der Waals surface area contributed by atoms with Crippen molar-refractivity contribution in [3.8, 4) is 11.3 Å². The van der Waals surface area contributed by atoms with Gasteiger partial charge in [0.15, 0.2) is 0 Å². The third-order valence-electron chi connectivity index (χ3n) is 4.12. The number of piperidine rings is 1. The lowest BCUT2D eigenvalue weighted by Gasteiger charge is -2.23. The molecule has 0 radical (unpaired) electrons. The molecule has 1 saturated heterocycles. The maximum absolute atomic E-state index is 4.76. The van der Waals surface area contributed by atoms with Gasteiger partial charge in [0.1, 0.15) is 0 Å². The van der Waals surface area contributed by atoms with E-state index < -0.39 is 0 Å². The summed E-state index contributed by atoms with van der Waals surface area (Å²) in [7, 11) is 2.07. The molecule has 1 unspecified atom stereocenters. The number of aryl methyl sites for hydroxylation is 1.